The SMILES string of the molecule is O=C1NN(CCc2ccccn2)CC2=C1Nc1cc(Cl)ccc1C2. The van der Waals surface area contributed by atoms with Crippen molar-refractivity contribution in [2.45, 2.75) is 12.8 Å². The molecule has 122 valence electrons. The number of rotatable bonds is 3. The molecule has 0 saturated heterocycles. The number of pyridine rings is 1. The van der Waals surface area contributed by atoms with Crippen LogP contribution in [0.2, 0.25) is 5.02 Å². The molecule has 2 N–H and O–H groups in total. The molecule has 1 aromatic carbocycles. The second-order valence-corrected chi connectivity index (χ2v) is 6.45. The van der Waals surface area contributed by atoms with E-state index in [4.69, 9.17) is 11.6 Å². The van der Waals surface area contributed by atoms with Crippen LogP contribution in [0.3, 0.4) is 0 Å². The number of hydrogen-bond donors (Lipinski definition) is 2. The number of nitrogens with zero attached hydrogens (tertiary/aromatic N) is 2. The van der Waals surface area contributed by atoms with Crippen LogP contribution >= 0.6 is 11.6 Å². The minimum atomic E-state index is -0.0945. The van der Waals surface area contributed by atoms with E-state index in [-0.39, 0.29) is 5.91 Å². The first-order chi connectivity index (χ1) is 11.7. The van der Waals surface area contributed by atoms with Crippen molar-refractivity contribution < 1.29 is 4.79 Å². The van der Waals surface area contributed by atoms with Gasteiger partial charge in [-0.1, -0.05) is 23.7 Å². The van der Waals surface area contributed by atoms with Crippen molar-refractivity contribution in [2.24, 2.45) is 0 Å². The number of benzene rings is 1. The summed E-state index contributed by atoms with van der Waals surface area (Å²) in [6, 6.07) is 11.6. The Morgan fingerprint density at radius 2 is 2.17 bits per heavy atom. The standard InChI is InChI=1S/C18H17ClN4O/c19-14-5-4-12-9-13-11-23(8-6-15-3-1-2-7-20-15)22-18(24)17(13)21-16(12)10-14/h1-5,7,10,21H,6,8-9,11H2,(H,22,24). The Morgan fingerprint density at radius 1 is 1.25 bits per heavy atom. The first-order valence-corrected chi connectivity index (χ1v) is 8.30. The van der Waals surface area contributed by atoms with Crippen LogP contribution in [0.5, 0.6) is 0 Å². The van der Waals surface area contributed by atoms with E-state index in [1.165, 1.54) is 0 Å². The van der Waals surface area contributed by atoms with Gasteiger partial charge in [-0.25, -0.2) is 5.01 Å². The van der Waals surface area contributed by atoms with Gasteiger partial charge >= 0.3 is 0 Å². The van der Waals surface area contributed by atoms with Crippen molar-refractivity contribution in [1.29, 1.82) is 0 Å². The summed E-state index contributed by atoms with van der Waals surface area (Å²) in [6.07, 6.45) is 3.35. The van der Waals surface area contributed by atoms with Crippen molar-refractivity contribution in [3.05, 3.63) is 70.1 Å². The average molecular weight is 341 g/mol. The fraction of sp³-hybridized carbons (Fsp3) is 0.222. The third-order valence-corrected chi connectivity index (χ3v) is 4.56. The number of amides is 1. The van der Waals surface area contributed by atoms with Gasteiger partial charge in [-0.05, 0) is 41.8 Å². The lowest BCUT2D eigenvalue weighted by atomic mass is 9.96. The van der Waals surface area contributed by atoms with Crippen LogP contribution in [0.1, 0.15) is 11.3 Å². The highest BCUT2D eigenvalue weighted by Crippen LogP contribution is 2.31. The highest BCUT2D eigenvalue weighted by Gasteiger charge is 2.29. The summed E-state index contributed by atoms with van der Waals surface area (Å²) in [4.78, 5) is 16.7. The van der Waals surface area contributed by atoms with Gasteiger partial charge in [-0.3, -0.25) is 15.2 Å². The first-order valence-electron chi connectivity index (χ1n) is 7.92. The zero-order valence-electron chi connectivity index (χ0n) is 13.1. The van der Waals surface area contributed by atoms with E-state index in [1.807, 2.05) is 41.4 Å². The van der Waals surface area contributed by atoms with Gasteiger partial charge in [-0.15, -0.1) is 0 Å². The second-order valence-electron chi connectivity index (χ2n) is 6.02. The Hall–Kier alpha value is -2.37. The third kappa shape index (κ3) is 3.00. The Balaban J connectivity index is 1.48. The van der Waals surface area contributed by atoms with E-state index in [2.05, 4.69) is 15.7 Å². The molecule has 0 bridgehead atoms. The number of hydrazine groups is 1. The highest BCUT2D eigenvalue weighted by atomic mass is 35.5. The summed E-state index contributed by atoms with van der Waals surface area (Å²) >= 11 is 6.04. The number of fused-ring (bicyclic) bond motifs is 1. The molecule has 0 atom stereocenters. The molecular weight excluding hydrogens is 324 g/mol. The minimum Gasteiger partial charge on any atom is -0.351 e. The molecule has 3 heterocycles. The van der Waals surface area contributed by atoms with E-state index in [9.17, 15) is 4.79 Å². The second kappa shape index (κ2) is 6.26. The third-order valence-electron chi connectivity index (χ3n) is 4.32. The summed E-state index contributed by atoms with van der Waals surface area (Å²) in [6.45, 7) is 1.44. The molecule has 2 aromatic rings. The maximum Gasteiger partial charge on any atom is 0.282 e. The van der Waals surface area contributed by atoms with Crippen LogP contribution < -0.4 is 10.7 Å². The Bertz CT molecular complexity index is 819. The molecule has 1 aromatic heterocycles. The van der Waals surface area contributed by atoms with Gasteiger partial charge in [0.15, 0.2) is 0 Å². The maximum absolute atomic E-state index is 12.4. The average Bonchev–Trinajstić information content (AvgIpc) is 2.60. The quantitative estimate of drug-likeness (QED) is 0.901. The van der Waals surface area contributed by atoms with E-state index in [0.29, 0.717) is 17.3 Å². The molecule has 0 fully saturated rings. The first kappa shape index (κ1) is 15.2. The molecule has 2 aliphatic rings. The normalized spacial score (nSPS) is 17.0. The lowest BCUT2D eigenvalue weighted by Gasteiger charge is -2.34. The summed E-state index contributed by atoms with van der Waals surface area (Å²) in [7, 11) is 0. The lowest BCUT2D eigenvalue weighted by molar-refractivity contribution is -0.122. The van der Waals surface area contributed by atoms with Crippen LogP contribution in [0.4, 0.5) is 5.69 Å². The highest BCUT2D eigenvalue weighted by molar-refractivity contribution is 6.30. The fourth-order valence-electron chi connectivity index (χ4n) is 3.11. The van der Waals surface area contributed by atoms with Crippen LogP contribution in [-0.2, 0) is 17.6 Å². The van der Waals surface area contributed by atoms with Crippen LogP contribution in [0.15, 0.2) is 53.9 Å². The predicted octanol–water partition coefficient (Wildman–Crippen LogP) is 2.55. The molecule has 6 heteroatoms. The fourth-order valence-corrected chi connectivity index (χ4v) is 3.28. The Labute approximate surface area is 145 Å². The van der Waals surface area contributed by atoms with Gasteiger partial charge in [0.2, 0.25) is 0 Å². The van der Waals surface area contributed by atoms with E-state index in [1.54, 1.807) is 6.20 Å². The summed E-state index contributed by atoms with van der Waals surface area (Å²) < 4.78 is 0. The molecule has 0 aliphatic carbocycles. The molecule has 0 spiro atoms. The van der Waals surface area contributed by atoms with Gasteiger partial charge in [0.25, 0.3) is 5.91 Å². The molecule has 5 nitrogen and oxygen atoms in total. The van der Waals surface area contributed by atoms with Crippen molar-refractivity contribution in [1.82, 2.24) is 15.4 Å². The molecule has 24 heavy (non-hydrogen) atoms. The van der Waals surface area contributed by atoms with Crippen LogP contribution in [0.25, 0.3) is 0 Å². The zero-order chi connectivity index (χ0) is 16.5. The number of nitrogens with one attached hydrogen (secondary N) is 2. The van der Waals surface area contributed by atoms with E-state index < -0.39 is 0 Å². The Morgan fingerprint density at radius 3 is 3.00 bits per heavy atom. The van der Waals surface area contributed by atoms with E-state index in [0.717, 1.165) is 41.9 Å². The largest absolute Gasteiger partial charge is 0.351 e. The van der Waals surface area contributed by atoms with Gasteiger partial charge < -0.3 is 5.32 Å². The number of aromatic nitrogens is 1. The zero-order valence-corrected chi connectivity index (χ0v) is 13.8. The van der Waals surface area contributed by atoms with Gasteiger partial charge in [0.1, 0.15) is 5.70 Å². The summed E-state index contributed by atoms with van der Waals surface area (Å²) in [5.41, 5.74) is 7.80. The number of hydrogen-bond acceptors (Lipinski definition) is 4. The number of carbonyl (C=O) groups is 1. The number of anilines is 1. The molecule has 1 amide bonds. The topological polar surface area (TPSA) is 57.3 Å². The smallest absolute Gasteiger partial charge is 0.282 e. The Kier molecular flexibility index (Phi) is 3.96. The van der Waals surface area contributed by atoms with Gasteiger partial charge in [0, 0.05) is 42.1 Å². The number of halogens is 1. The maximum atomic E-state index is 12.4. The van der Waals surface area contributed by atoms with Crippen molar-refractivity contribution in [3.63, 3.8) is 0 Å². The van der Waals surface area contributed by atoms with Crippen LogP contribution in [-0.4, -0.2) is 29.0 Å². The van der Waals surface area contributed by atoms with Gasteiger partial charge in [-0.2, -0.15) is 0 Å². The lowest BCUT2D eigenvalue weighted by Crippen LogP contribution is -2.51. The summed E-state index contributed by atoms with van der Waals surface area (Å²) in [5.74, 6) is -0.0945. The molecular formula is C18H17ClN4O. The monoisotopic (exact) mass is 340 g/mol. The van der Waals surface area contributed by atoms with Crippen molar-refractivity contribution in [3.8, 4) is 0 Å². The van der Waals surface area contributed by atoms with Gasteiger partial charge in [0.05, 0.1) is 0 Å². The number of carbonyl (C=O) groups excluding carboxylic acids is 1. The molecule has 0 radical (unpaired) electrons. The van der Waals surface area contributed by atoms with E-state index >= 15 is 0 Å². The predicted molar refractivity (Wildman–Crippen MR) is 93.5 cm³/mol. The molecule has 0 unspecified atom stereocenters. The van der Waals surface area contributed by atoms with Crippen molar-refractivity contribution >= 4 is 23.2 Å². The molecule has 0 saturated carbocycles. The molecule has 4 rings (SSSR count). The van der Waals surface area contributed by atoms with Crippen molar-refractivity contribution in [2.75, 3.05) is 18.4 Å². The minimum absolute atomic E-state index is 0.0945. The summed E-state index contributed by atoms with van der Waals surface area (Å²) in [5, 5.41) is 5.85. The molecule has 2 aliphatic heterocycles. The van der Waals surface area contributed by atoms with Crippen LogP contribution in [0, 0.1) is 0 Å².